The van der Waals surface area contributed by atoms with Gasteiger partial charge in [-0.25, -0.2) is 18.6 Å². The Hall–Kier alpha value is -2.03. The Labute approximate surface area is 197 Å². The van der Waals surface area contributed by atoms with Crippen molar-refractivity contribution in [2.75, 3.05) is 19.8 Å². The highest BCUT2D eigenvalue weighted by Gasteiger charge is 2.39. The number of nitrogens with zero attached hydrogens (tertiary/aromatic N) is 2. The lowest BCUT2D eigenvalue weighted by Crippen LogP contribution is -2.27. The molecule has 1 aromatic heterocycles. The third kappa shape index (κ3) is 4.16. The number of benzene rings is 2. The average molecular weight is 528 g/mol. The first-order valence-electron chi connectivity index (χ1n) is 10.2. The van der Waals surface area contributed by atoms with E-state index < -0.39 is 17.6 Å². The van der Waals surface area contributed by atoms with Crippen molar-refractivity contribution in [3.63, 3.8) is 0 Å². The Kier molecular flexibility index (Phi) is 6.31. The van der Waals surface area contributed by atoms with E-state index in [-0.39, 0.29) is 45.1 Å². The van der Waals surface area contributed by atoms with E-state index in [1.807, 2.05) is 4.57 Å². The van der Waals surface area contributed by atoms with E-state index in [0.717, 1.165) is 12.1 Å². The van der Waals surface area contributed by atoms with E-state index in [0.29, 0.717) is 30.1 Å². The van der Waals surface area contributed by atoms with Crippen LogP contribution in [0, 0.1) is 17.0 Å². The van der Waals surface area contributed by atoms with Crippen LogP contribution in [0.25, 0.3) is 11.0 Å². The Balaban J connectivity index is 1.91. The van der Waals surface area contributed by atoms with E-state index in [4.69, 9.17) is 21.1 Å². The van der Waals surface area contributed by atoms with Gasteiger partial charge in [0.05, 0.1) is 52.0 Å². The van der Waals surface area contributed by atoms with Crippen molar-refractivity contribution in [2.45, 2.75) is 33.2 Å². The molecule has 0 saturated carbocycles. The molecule has 1 aliphatic rings. The fourth-order valence-corrected chi connectivity index (χ4v) is 4.60. The summed E-state index contributed by atoms with van der Waals surface area (Å²) in [5.74, 6) is -1.09. The number of hydrogen-bond donors (Lipinski definition) is 0. The Morgan fingerprint density at radius 3 is 2.72 bits per heavy atom. The summed E-state index contributed by atoms with van der Waals surface area (Å²) in [7, 11) is 0. The summed E-state index contributed by atoms with van der Waals surface area (Å²) in [6, 6.07) is 5.40. The molecule has 0 bridgehead atoms. The first-order chi connectivity index (χ1) is 15.1. The number of carbonyl (C=O) groups excluding carboxylic acids is 1. The third-order valence-electron chi connectivity index (χ3n) is 5.75. The van der Waals surface area contributed by atoms with Crippen LogP contribution < -0.4 is 0 Å². The monoisotopic (exact) mass is 526 g/mol. The minimum absolute atomic E-state index is 0.0587. The summed E-state index contributed by atoms with van der Waals surface area (Å²) < 4.78 is 41.6. The molecule has 4 rings (SSSR count). The number of ether oxygens (including phenoxy) is 2. The molecule has 0 aliphatic carbocycles. The number of carbonyl (C=O) groups is 1. The second-order valence-electron chi connectivity index (χ2n) is 8.49. The van der Waals surface area contributed by atoms with Gasteiger partial charge in [-0.2, -0.15) is 0 Å². The molecule has 9 heteroatoms. The van der Waals surface area contributed by atoms with E-state index in [1.165, 1.54) is 0 Å². The van der Waals surface area contributed by atoms with E-state index in [1.54, 1.807) is 19.1 Å². The molecule has 0 radical (unpaired) electrons. The lowest BCUT2D eigenvalue weighted by Gasteiger charge is -2.28. The fraction of sp³-hybridized carbons (Fsp3) is 0.391. The van der Waals surface area contributed by atoms with Gasteiger partial charge in [0.1, 0.15) is 17.5 Å². The van der Waals surface area contributed by atoms with Gasteiger partial charge in [0.15, 0.2) is 0 Å². The number of halogens is 4. The molecule has 0 amide bonds. The van der Waals surface area contributed by atoms with Gasteiger partial charge in [-0.05, 0) is 52.7 Å². The quantitative estimate of drug-likeness (QED) is 0.297. The molecule has 1 atom stereocenters. The van der Waals surface area contributed by atoms with Gasteiger partial charge in [0.25, 0.3) is 0 Å². The van der Waals surface area contributed by atoms with E-state index >= 15 is 0 Å². The van der Waals surface area contributed by atoms with E-state index in [9.17, 15) is 13.6 Å². The molecule has 0 spiro atoms. The van der Waals surface area contributed by atoms with Gasteiger partial charge in [-0.15, -0.1) is 0 Å². The van der Waals surface area contributed by atoms with Crippen molar-refractivity contribution in [3.05, 3.63) is 62.3 Å². The van der Waals surface area contributed by atoms with E-state index in [2.05, 4.69) is 34.8 Å². The first-order valence-corrected chi connectivity index (χ1v) is 11.4. The first kappa shape index (κ1) is 23.1. The molecule has 2 aromatic carbocycles. The van der Waals surface area contributed by atoms with Crippen LogP contribution in [0.15, 0.2) is 28.7 Å². The SMILES string of the molecule is CCOC(=O)c1cc2c(cc1Cl)nc(Cc1cc(F)c(Br)cc1F)n2[C@@H]1COCC1(C)C. The summed E-state index contributed by atoms with van der Waals surface area (Å²) in [5, 5.41) is 0.218. The van der Waals surface area contributed by atoms with Crippen LogP contribution in [0.4, 0.5) is 8.78 Å². The molecule has 3 aromatic rings. The molecule has 170 valence electrons. The molecule has 0 N–H and O–H groups in total. The minimum Gasteiger partial charge on any atom is -0.462 e. The minimum atomic E-state index is -0.554. The van der Waals surface area contributed by atoms with Crippen molar-refractivity contribution in [2.24, 2.45) is 5.41 Å². The largest absolute Gasteiger partial charge is 0.462 e. The zero-order valence-corrected chi connectivity index (χ0v) is 20.2. The number of esters is 1. The van der Waals surface area contributed by atoms with Gasteiger partial charge < -0.3 is 14.0 Å². The van der Waals surface area contributed by atoms with Gasteiger partial charge >= 0.3 is 5.97 Å². The van der Waals surface area contributed by atoms with Crippen LogP contribution in [0.1, 0.15) is 48.6 Å². The molecule has 1 fully saturated rings. The van der Waals surface area contributed by atoms with Crippen molar-refractivity contribution in [3.8, 4) is 0 Å². The maximum atomic E-state index is 14.6. The molecular weight excluding hydrogens is 506 g/mol. The number of fused-ring (bicyclic) bond motifs is 1. The number of hydrogen-bond acceptors (Lipinski definition) is 4. The second kappa shape index (κ2) is 8.72. The lowest BCUT2D eigenvalue weighted by atomic mass is 9.87. The third-order valence-corrected chi connectivity index (χ3v) is 6.67. The predicted molar refractivity (Wildman–Crippen MR) is 121 cm³/mol. The van der Waals surface area contributed by atoms with Gasteiger partial charge in [0.2, 0.25) is 0 Å². The molecule has 1 aliphatic heterocycles. The highest BCUT2D eigenvalue weighted by atomic mass is 79.9. The lowest BCUT2D eigenvalue weighted by molar-refractivity contribution is 0.0526. The predicted octanol–water partition coefficient (Wildman–Crippen LogP) is 6.10. The van der Waals surface area contributed by atoms with Crippen LogP contribution >= 0.6 is 27.5 Å². The summed E-state index contributed by atoms with van der Waals surface area (Å²) in [5.41, 5.74) is 1.38. The summed E-state index contributed by atoms with van der Waals surface area (Å²) in [4.78, 5) is 17.1. The molecule has 5 nitrogen and oxygen atoms in total. The van der Waals surface area contributed by atoms with Gasteiger partial charge in [-0.3, -0.25) is 0 Å². The highest BCUT2D eigenvalue weighted by Crippen LogP contribution is 2.41. The zero-order valence-electron chi connectivity index (χ0n) is 17.8. The smallest absolute Gasteiger partial charge is 0.339 e. The van der Waals surface area contributed by atoms with Crippen molar-refractivity contribution >= 4 is 44.5 Å². The fourth-order valence-electron chi connectivity index (χ4n) is 4.05. The average Bonchev–Trinajstić information content (AvgIpc) is 3.23. The van der Waals surface area contributed by atoms with Gasteiger partial charge in [0, 0.05) is 11.8 Å². The maximum absolute atomic E-state index is 14.6. The Morgan fingerprint density at radius 2 is 2.06 bits per heavy atom. The maximum Gasteiger partial charge on any atom is 0.339 e. The number of rotatable bonds is 5. The molecule has 2 heterocycles. The van der Waals surface area contributed by atoms with Crippen LogP contribution in [-0.2, 0) is 15.9 Å². The Morgan fingerprint density at radius 1 is 1.31 bits per heavy atom. The van der Waals surface area contributed by atoms with Crippen LogP contribution in [0.5, 0.6) is 0 Å². The van der Waals surface area contributed by atoms with Crippen LogP contribution in [0.2, 0.25) is 5.02 Å². The zero-order chi connectivity index (χ0) is 23.2. The molecular formula is C23H22BrClF2N2O3. The standard InChI is InChI=1S/C23H22BrClF2N2O3/c1-4-32-22(30)13-7-19-18(9-15(13)25)28-21(29(19)20-10-31-11-23(20,2)3)6-12-5-17(27)14(24)8-16(12)26/h5,7-9,20H,4,6,10-11H2,1-3H3/t20-/m1/s1. The molecule has 1 saturated heterocycles. The van der Waals surface area contributed by atoms with Crippen molar-refractivity contribution in [1.29, 1.82) is 0 Å². The summed E-state index contributed by atoms with van der Waals surface area (Å²) in [6.07, 6.45) is 0.0592. The summed E-state index contributed by atoms with van der Waals surface area (Å²) in [6.45, 7) is 7.05. The molecule has 32 heavy (non-hydrogen) atoms. The Bertz CT molecular complexity index is 1210. The van der Waals surface area contributed by atoms with Crippen LogP contribution in [0.3, 0.4) is 0 Å². The summed E-state index contributed by atoms with van der Waals surface area (Å²) >= 11 is 9.35. The van der Waals surface area contributed by atoms with Gasteiger partial charge in [-0.1, -0.05) is 25.4 Å². The topological polar surface area (TPSA) is 53.3 Å². The van der Waals surface area contributed by atoms with Crippen molar-refractivity contribution < 1.29 is 23.0 Å². The van der Waals surface area contributed by atoms with Crippen LogP contribution in [-0.4, -0.2) is 35.3 Å². The van der Waals surface area contributed by atoms with Crippen molar-refractivity contribution in [1.82, 2.24) is 9.55 Å². The number of aromatic nitrogens is 2. The molecule has 0 unspecified atom stereocenters. The highest BCUT2D eigenvalue weighted by molar-refractivity contribution is 9.10. The number of imidazole rings is 1. The normalized spacial score (nSPS) is 17.8. The second-order valence-corrected chi connectivity index (χ2v) is 9.75.